The Labute approximate surface area is 160 Å². The van der Waals surface area contributed by atoms with Gasteiger partial charge in [-0.15, -0.1) is 0 Å². The SMILES string of the molecule is Cc1cccc(CN2CC[C@]3(CCCN(Cc4ccccc4F)C3=O)C2)n1. The lowest BCUT2D eigenvalue weighted by molar-refractivity contribution is -0.146. The third kappa shape index (κ3) is 3.74. The molecule has 0 N–H and O–H groups in total. The highest BCUT2D eigenvalue weighted by atomic mass is 19.1. The summed E-state index contributed by atoms with van der Waals surface area (Å²) in [5.74, 6) is -0.0415. The van der Waals surface area contributed by atoms with Gasteiger partial charge in [-0.25, -0.2) is 4.39 Å². The van der Waals surface area contributed by atoms with Crippen molar-refractivity contribution in [1.82, 2.24) is 14.8 Å². The molecule has 27 heavy (non-hydrogen) atoms. The van der Waals surface area contributed by atoms with Crippen LogP contribution in [0.3, 0.4) is 0 Å². The minimum absolute atomic E-state index is 0.191. The molecule has 2 aromatic rings. The van der Waals surface area contributed by atoms with Gasteiger partial charge in [0.15, 0.2) is 0 Å². The highest BCUT2D eigenvalue weighted by Gasteiger charge is 2.48. The van der Waals surface area contributed by atoms with Crippen LogP contribution in [-0.4, -0.2) is 40.3 Å². The summed E-state index contributed by atoms with van der Waals surface area (Å²) in [5.41, 5.74) is 2.36. The van der Waals surface area contributed by atoms with Gasteiger partial charge in [-0.2, -0.15) is 0 Å². The second kappa shape index (κ2) is 7.39. The number of pyridine rings is 1. The highest BCUT2D eigenvalue weighted by Crippen LogP contribution is 2.41. The van der Waals surface area contributed by atoms with E-state index in [0.717, 1.165) is 50.3 Å². The van der Waals surface area contributed by atoms with Crippen LogP contribution in [0.5, 0.6) is 0 Å². The molecule has 1 aromatic carbocycles. The molecule has 0 unspecified atom stereocenters. The van der Waals surface area contributed by atoms with Gasteiger partial charge < -0.3 is 4.90 Å². The van der Waals surface area contributed by atoms with E-state index in [2.05, 4.69) is 9.88 Å². The zero-order valence-electron chi connectivity index (χ0n) is 15.8. The number of nitrogens with zero attached hydrogens (tertiary/aromatic N) is 3. The lowest BCUT2D eigenvalue weighted by Gasteiger charge is -2.39. The molecule has 2 aliphatic rings. The standard InChI is InChI=1S/C22H26FN3O/c1-17-6-4-8-19(24-17)15-25-13-11-22(16-25)10-5-12-26(21(22)27)14-18-7-2-3-9-20(18)23/h2-4,6-9H,5,10-16H2,1H3/t22-/m1/s1. The first-order valence-electron chi connectivity index (χ1n) is 9.73. The van der Waals surface area contributed by atoms with Crippen molar-refractivity contribution < 1.29 is 9.18 Å². The number of carbonyl (C=O) groups excluding carboxylic acids is 1. The summed E-state index contributed by atoms with van der Waals surface area (Å²) in [4.78, 5) is 22.1. The lowest BCUT2D eigenvalue weighted by atomic mass is 9.78. The van der Waals surface area contributed by atoms with Crippen LogP contribution in [0.15, 0.2) is 42.5 Å². The summed E-state index contributed by atoms with van der Waals surface area (Å²) in [6.45, 7) is 5.55. The van der Waals surface area contributed by atoms with E-state index in [-0.39, 0.29) is 17.1 Å². The number of halogens is 1. The summed E-state index contributed by atoms with van der Waals surface area (Å²) >= 11 is 0. The van der Waals surface area contributed by atoms with Gasteiger partial charge in [0, 0.05) is 37.4 Å². The van der Waals surface area contributed by atoms with Crippen LogP contribution in [0, 0.1) is 18.2 Å². The Morgan fingerprint density at radius 3 is 2.74 bits per heavy atom. The molecular weight excluding hydrogens is 341 g/mol. The van der Waals surface area contributed by atoms with E-state index < -0.39 is 0 Å². The second-order valence-electron chi connectivity index (χ2n) is 7.93. The van der Waals surface area contributed by atoms with E-state index >= 15 is 0 Å². The summed E-state index contributed by atoms with van der Waals surface area (Å²) in [6, 6.07) is 12.8. The number of aryl methyl sites for hydroxylation is 1. The average Bonchev–Trinajstić information content (AvgIpc) is 3.04. The van der Waals surface area contributed by atoms with Crippen LogP contribution in [0.1, 0.15) is 36.2 Å². The van der Waals surface area contributed by atoms with E-state index in [1.54, 1.807) is 12.1 Å². The number of hydrogen-bond donors (Lipinski definition) is 0. The van der Waals surface area contributed by atoms with Crippen molar-refractivity contribution in [2.75, 3.05) is 19.6 Å². The molecule has 142 valence electrons. The highest BCUT2D eigenvalue weighted by molar-refractivity contribution is 5.84. The maximum atomic E-state index is 14.0. The predicted molar refractivity (Wildman–Crippen MR) is 102 cm³/mol. The number of rotatable bonds is 4. The number of piperidine rings is 1. The fourth-order valence-corrected chi connectivity index (χ4v) is 4.52. The molecule has 5 heteroatoms. The fourth-order valence-electron chi connectivity index (χ4n) is 4.52. The number of likely N-dealkylation sites (tertiary alicyclic amines) is 2. The molecule has 1 spiro atoms. The molecule has 4 rings (SSSR count). The summed E-state index contributed by atoms with van der Waals surface area (Å²) in [5, 5.41) is 0. The van der Waals surface area contributed by atoms with Crippen LogP contribution in [-0.2, 0) is 17.9 Å². The molecule has 2 aliphatic heterocycles. The zero-order valence-corrected chi connectivity index (χ0v) is 15.8. The molecule has 0 saturated carbocycles. The minimum Gasteiger partial charge on any atom is -0.338 e. The van der Waals surface area contributed by atoms with Gasteiger partial charge in [-0.1, -0.05) is 24.3 Å². The predicted octanol–water partition coefficient (Wildman–Crippen LogP) is 3.54. The number of aromatic nitrogens is 1. The van der Waals surface area contributed by atoms with E-state index in [0.29, 0.717) is 18.7 Å². The van der Waals surface area contributed by atoms with Crippen molar-refractivity contribution >= 4 is 5.91 Å². The minimum atomic E-state index is -0.312. The third-order valence-electron chi connectivity index (χ3n) is 5.91. The van der Waals surface area contributed by atoms with E-state index in [9.17, 15) is 9.18 Å². The van der Waals surface area contributed by atoms with Crippen molar-refractivity contribution in [2.24, 2.45) is 5.41 Å². The zero-order chi connectivity index (χ0) is 18.9. The molecule has 2 fully saturated rings. The van der Waals surface area contributed by atoms with E-state index in [1.165, 1.54) is 6.07 Å². The Kier molecular flexibility index (Phi) is 4.96. The molecule has 1 aromatic heterocycles. The molecule has 0 radical (unpaired) electrons. The molecule has 3 heterocycles. The molecule has 1 amide bonds. The summed E-state index contributed by atoms with van der Waals surface area (Å²) < 4.78 is 14.0. The van der Waals surface area contributed by atoms with Crippen molar-refractivity contribution in [1.29, 1.82) is 0 Å². The smallest absolute Gasteiger partial charge is 0.230 e. The van der Waals surface area contributed by atoms with Crippen LogP contribution in [0.4, 0.5) is 4.39 Å². The quantitative estimate of drug-likeness (QED) is 0.829. The summed E-state index contributed by atoms with van der Waals surface area (Å²) in [6.07, 6.45) is 2.79. The normalized spacial score (nSPS) is 23.3. The number of amides is 1. The van der Waals surface area contributed by atoms with Crippen molar-refractivity contribution in [3.63, 3.8) is 0 Å². The van der Waals surface area contributed by atoms with Gasteiger partial charge in [-0.3, -0.25) is 14.7 Å². The molecule has 2 saturated heterocycles. The summed E-state index contributed by atoms with van der Waals surface area (Å²) in [7, 11) is 0. The molecule has 1 atom stereocenters. The van der Waals surface area contributed by atoms with Crippen LogP contribution in [0.25, 0.3) is 0 Å². The molecule has 0 aliphatic carbocycles. The van der Waals surface area contributed by atoms with E-state index in [1.807, 2.05) is 36.1 Å². The molecular formula is C22H26FN3O. The number of benzene rings is 1. The maximum Gasteiger partial charge on any atom is 0.230 e. The first kappa shape index (κ1) is 18.1. The number of hydrogen-bond acceptors (Lipinski definition) is 3. The van der Waals surface area contributed by atoms with Crippen molar-refractivity contribution in [3.05, 3.63) is 65.2 Å². The molecule has 4 nitrogen and oxygen atoms in total. The van der Waals surface area contributed by atoms with Crippen molar-refractivity contribution in [3.8, 4) is 0 Å². The lowest BCUT2D eigenvalue weighted by Crippen LogP contribution is -2.49. The van der Waals surface area contributed by atoms with Gasteiger partial charge in [0.05, 0.1) is 11.1 Å². The van der Waals surface area contributed by atoms with Gasteiger partial charge in [0.25, 0.3) is 0 Å². The monoisotopic (exact) mass is 367 g/mol. The van der Waals surface area contributed by atoms with Crippen LogP contribution >= 0.6 is 0 Å². The third-order valence-corrected chi connectivity index (χ3v) is 5.91. The van der Waals surface area contributed by atoms with Gasteiger partial charge in [0.1, 0.15) is 5.82 Å². The Morgan fingerprint density at radius 1 is 1.07 bits per heavy atom. The van der Waals surface area contributed by atoms with Crippen LogP contribution in [0.2, 0.25) is 0 Å². The van der Waals surface area contributed by atoms with Gasteiger partial charge in [0.2, 0.25) is 5.91 Å². The Hall–Kier alpha value is -2.27. The average molecular weight is 367 g/mol. The topological polar surface area (TPSA) is 36.4 Å². The largest absolute Gasteiger partial charge is 0.338 e. The van der Waals surface area contributed by atoms with Crippen molar-refractivity contribution in [2.45, 2.75) is 39.3 Å². The first-order chi connectivity index (χ1) is 13.1. The molecule has 0 bridgehead atoms. The fraction of sp³-hybridized carbons (Fsp3) is 0.455. The Balaban J connectivity index is 1.45. The maximum absolute atomic E-state index is 14.0. The van der Waals surface area contributed by atoms with Gasteiger partial charge in [-0.05, 0) is 50.9 Å². The van der Waals surface area contributed by atoms with Gasteiger partial charge >= 0.3 is 0 Å². The Morgan fingerprint density at radius 2 is 1.93 bits per heavy atom. The van der Waals surface area contributed by atoms with Crippen LogP contribution < -0.4 is 0 Å². The van der Waals surface area contributed by atoms with E-state index in [4.69, 9.17) is 0 Å². The Bertz CT molecular complexity index is 840. The first-order valence-corrected chi connectivity index (χ1v) is 9.73. The number of carbonyl (C=O) groups is 1. The second-order valence-corrected chi connectivity index (χ2v) is 7.93.